The van der Waals surface area contributed by atoms with Gasteiger partial charge in [0, 0.05) is 62.0 Å². The van der Waals surface area contributed by atoms with Gasteiger partial charge in [0.05, 0.1) is 6.33 Å². The number of thioether (sulfide) groups is 1. The Morgan fingerprint density at radius 1 is 1.32 bits per heavy atom. The molecule has 22 heavy (non-hydrogen) atoms. The number of halogens is 2. The molecule has 1 aromatic heterocycles. The molecule has 1 aromatic rings. The number of nitrogens with one attached hydrogen (secondary N) is 1. The zero-order chi connectivity index (χ0) is 13.8. The quantitative estimate of drug-likeness (QED) is 0.888. The fraction of sp³-hybridized carbons (Fsp3) is 0.714. The van der Waals surface area contributed by atoms with Crippen molar-refractivity contribution in [2.75, 3.05) is 31.1 Å². The average molecular weight is 367 g/mol. The van der Waals surface area contributed by atoms with Crippen LogP contribution in [0.25, 0.3) is 0 Å². The summed E-state index contributed by atoms with van der Waals surface area (Å²) in [6.07, 6.45) is 8.45. The van der Waals surface area contributed by atoms with E-state index in [9.17, 15) is 4.79 Å². The second-order valence-corrected chi connectivity index (χ2v) is 6.70. The third-order valence-electron chi connectivity index (χ3n) is 4.18. The number of carbonyl (C=O) groups is 1. The molecule has 5 nitrogen and oxygen atoms in total. The molecule has 0 aromatic carbocycles. The molecule has 0 aliphatic carbocycles. The standard InChI is InChI=1S/C14H22N4OS.2ClH/c19-14(9-12-10-20-8-4-16-12)17-5-1-13(2-6-17)18-7-3-15-11-18;;/h3,7,11-13,16H,1-2,4-6,8-10H2;2*1H. The Morgan fingerprint density at radius 2 is 2.09 bits per heavy atom. The minimum absolute atomic E-state index is 0. The maximum absolute atomic E-state index is 12.3. The van der Waals surface area contributed by atoms with Crippen LogP contribution in [-0.4, -0.2) is 57.5 Å². The van der Waals surface area contributed by atoms with Crippen LogP contribution in [0.5, 0.6) is 0 Å². The highest BCUT2D eigenvalue weighted by atomic mass is 35.5. The van der Waals surface area contributed by atoms with E-state index in [1.165, 1.54) is 5.75 Å². The number of aromatic nitrogens is 2. The van der Waals surface area contributed by atoms with E-state index in [1.54, 1.807) is 0 Å². The van der Waals surface area contributed by atoms with Gasteiger partial charge in [-0.1, -0.05) is 0 Å². The summed E-state index contributed by atoms with van der Waals surface area (Å²) in [7, 11) is 0. The molecule has 8 heteroatoms. The van der Waals surface area contributed by atoms with Crippen molar-refractivity contribution >= 4 is 42.5 Å². The lowest BCUT2D eigenvalue weighted by atomic mass is 10.0. The highest BCUT2D eigenvalue weighted by Crippen LogP contribution is 2.23. The first-order chi connectivity index (χ1) is 9.83. The third kappa shape index (κ3) is 5.05. The number of likely N-dealkylation sites (tertiary alicyclic amines) is 1. The molecular weight excluding hydrogens is 343 g/mol. The lowest BCUT2D eigenvalue weighted by Crippen LogP contribution is -2.45. The van der Waals surface area contributed by atoms with Gasteiger partial charge in [-0.2, -0.15) is 11.8 Å². The van der Waals surface area contributed by atoms with Gasteiger partial charge in [0.1, 0.15) is 0 Å². The van der Waals surface area contributed by atoms with Crippen molar-refractivity contribution in [2.45, 2.75) is 31.3 Å². The van der Waals surface area contributed by atoms with Gasteiger partial charge in [-0.25, -0.2) is 4.98 Å². The first kappa shape index (κ1) is 19.6. The lowest BCUT2D eigenvalue weighted by molar-refractivity contribution is -0.132. The second kappa shape index (κ2) is 9.65. The summed E-state index contributed by atoms with van der Waals surface area (Å²) in [5.74, 6) is 2.55. The summed E-state index contributed by atoms with van der Waals surface area (Å²) >= 11 is 1.95. The molecule has 0 spiro atoms. The van der Waals surface area contributed by atoms with Crippen molar-refractivity contribution < 1.29 is 4.79 Å². The van der Waals surface area contributed by atoms with Gasteiger partial charge in [-0.3, -0.25) is 4.79 Å². The van der Waals surface area contributed by atoms with Crippen LogP contribution in [0.4, 0.5) is 0 Å². The van der Waals surface area contributed by atoms with Crippen LogP contribution in [0.1, 0.15) is 25.3 Å². The second-order valence-electron chi connectivity index (χ2n) is 5.55. The maximum atomic E-state index is 12.3. The summed E-state index contributed by atoms with van der Waals surface area (Å²) in [4.78, 5) is 18.5. The lowest BCUT2D eigenvalue weighted by Gasteiger charge is -2.34. The zero-order valence-corrected chi connectivity index (χ0v) is 15.0. The van der Waals surface area contributed by atoms with Crippen molar-refractivity contribution in [1.29, 1.82) is 0 Å². The highest BCUT2D eigenvalue weighted by Gasteiger charge is 2.25. The highest BCUT2D eigenvalue weighted by molar-refractivity contribution is 7.99. The molecule has 1 amide bonds. The molecule has 0 radical (unpaired) electrons. The van der Waals surface area contributed by atoms with Crippen molar-refractivity contribution in [3.8, 4) is 0 Å². The molecule has 3 heterocycles. The zero-order valence-electron chi connectivity index (χ0n) is 12.5. The van der Waals surface area contributed by atoms with Gasteiger partial charge in [0.15, 0.2) is 0 Å². The number of nitrogens with zero attached hydrogens (tertiary/aromatic N) is 3. The fourth-order valence-corrected chi connectivity index (χ4v) is 3.94. The molecule has 1 N–H and O–H groups in total. The minimum Gasteiger partial charge on any atom is -0.342 e. The smallest absolute Gasteiger partial charge is 0.224 e. The van der Waals surface area contributed by atoms with Crippen LogP contribution < -0.4 is 5.32 Å². The molecule has 1 atom stereocenters. The average Bonchev–Trinajstić information content (AvgIpc) is 3.03. The predicted octanol–water partition coefficient (Wildman–Crippen LogP) is 1.99. The van der Waals surface area contributed by atoms with E-state index < -0.39 is 0 Å². The number of hydrogen-bond acceptors (Lipinski definition) is 4. The molecular formula is C14H24Cl2N4OS. The Labute approximate surface area is 148 Å². The fourth-order valence-electron chi connectivity index (χ4n) is 2.99. The van der Waals surface area contributed by atoms with Gasteiger partial charge >= 0.3 is 0 Å². The molecule has 3 rings (SSSR count). The monoisotopic (exact) mass is 366 g/mol. The van der Waals surface area contributed by atoms with Crippen LogP contribution >= 0.6 is 36.6 Å². The molecule has 2 aliphatic rings. The Morgan fingerprint density at radius 3 is 2.68 bits per heavy atom. The number of imidazole rings is 1. The molecule has 0 saturated carbocycles. The number of amides is 1. The normalized spacial score (nSPS) is 22.5. The third-order valence-corrected chi connectivity index (χ3v) is 5.31. The van der Waals surface area contributed by atoms with Crippen LogP contribution in [-0.2, 0) is 4.79 Å². The number of hydrogen-bond donors (Lipinski definition) is 1. The predicted molar refractivity (Wildman–Crippen MR) is 95.3 cm³/mol. The van der Waals surface area contributed by atoms with Gasteiger partial charge < -0.3 is 14.8 Å². The Hall–Kier alpha value is -0.430. The van der Waals surface area contributed by atoms with Crippen LogP contribution in [0.3, 0.4) is 0 Å². The summed E-state index contributed by atoms with van der Waals surface area (Å²) in [6, 6.07) is 0.873. The number of piperidine rings is 1. The van der Waals surface area contributed by atoms with Crippen molar-refractivity contribution in [3.05, 3.63) is 18.7 Å². The number of carbonyl (C=O) groups excluding carboxylic acids is 1. The molecule has 2 aliphatic heterocycles. The van der Waals surface area contributed by atoms with E-state index in [0.717, 1.165) is 38.2 Å². The summed E-state index contributed by atoms with van der Waals surface area (Å²) < 4.78 is 2.17. The molecule has 2 fully saturated rings. The maximum Gasteiger partial charge on any atom is 0.224 e. The van der Waals surface area contributed by atoms with Crippen molar-refractivity contribution in [3.63, 3.8) is 0 Å². The Bertz CT molecular complexity index is 432. The largest absolute Gasteiger partial charge is 0.342 e. The number of rotatable bonds is 3. The van der Waals surface area contributed by atoms with Gasteiger partial charge in [-0.15, -0.1) is 24.8 Å². The first-order valence-corrected chi connectivity index (χ1v) is 8.55. The van der Waals surface area contributed by atoms with Gasteiger partial charge in [0.2, 0.25) is 5.91 Å². The van der Waals surface area contributed by atoms with Crippen molar-refractivity contribution in [1.82, 2.24) is 19.8 Å². The summed E-state index contributed by atoms with van der Waals surface area (Å²) in [6.45, 7) is 2.79. The van der Waals surface area contributed by atoms with Crippen molar-refractivity contribution in [2.24, 2.45) is 0 Å². The van der Waals surface area contributed by atoms with E-state index in [2.05, 4.69) is 14.9 Å². The first-order valence-electron chi connectivity index (χ1n) is 7.39. The van der Waals surface area contributed by atoms with E-state index in [0.29, 0.717) is 24.4 Å². The van der Waals surface area contributed by atoms with Gasteiger partial charge in [0.25, 0.3) is 0 Å². The molecule has 2 saturated heterocycles. The SMILES string of the molecule is Cl.Cl.O=C(CC1CSCCN1)N1CCC(n2ccnc2)CC1. The summed E-state index contributed by atoms with van der Waals surface area (Å²) in [5.41, 5.74) is 0. The molecule has 0 bridgehead atoms. The van der Waals surface area contributed by atoms with Crippen LogP contribution in [0.2, 0.25) is 0 Å². The molecule has 1 unspecified atom stereocenters. The van der Waals surface area contributed by atoms with E-state index in [1.807, 2.05) is 35.4 Å². The van der Waals surface area contributed by atoms with Crippen LogP contribution in [0, 0.1) is 0 Å². The molecule has 126 valence electrons. The Kier molecular flexibility index (Phi) is 8.61. The van der Waals surface area contributed by atoms with E-state index in [-0.39, 0.29) is 24.8 Å². The van der Waals surface area contributed by atoms with E-state index >= 15 is 0 Å². The van der Waals surface area contributed by atoms with Crippen LogP contribution in [0.15, 0.2) is 18.7 Å². The topological polar surface area (TPSA) is 50.2 Å². The van der Waals surface area contributed by atoms with Gasteiger partial charge in [-0.05, 0) is 12.8 Å². The Balaban J connectivity index is 0.00000121. The summed E-state index contributed by atoms with van der Waals surface area (Å²) in [5, 5.41) is 3.44. The van der Waals surface area contributed by atoms with E-state index in [4.69, 9.17) is 0 Å². The minimum atomic E-state index is 0.